The minimum Gasteiger partial charge on any atom is -0.336 e. The van der Waals surface area contributed by atoms with Crippen molar-refractivity contribution in [1.29, 1.82) is 0 Å². The second-order valence-electron chi connectivity index (χ2n) is 7.61. The van der Waals surface area contributed by atoms with E-state index >= 15 is 0 Å². The van der Waals surface area contributed by atoms with E-state index in [1.54, 1.807) is 12.1 Å². The molecule has 2 aromatic carbocycles. The van der Waals surface area contributed by atoms with Crippen molar-refractivity contribution in [3.63, 3.8) is 0 Å². The molecule has 0 unspecified atom stereocenters. The number of hydrogen-bond donors (Lipinski definition) is 3. The molecule has 0 atom stereocenters. The molecule has 1 amide bonds. The summed E-state index contributed by atoms with van der Waals surface area (Å²) in [6.45, 7) is 2.09. The lowest BCUT2D eigenvalue weighted by molar-refractivity contribution is 0.102. The molecule has 5 rings (SSSR count). The lowest BCUT2D eigenvalue weighted by Gasteiger charge is -2.23. The summed E-state index contributed by atoms with van der Waals surface area (Å²) in [5, 5.41) is 6.35. The van der Waals surface area contributed by atoms with E-state index in [1.165, 1.54) is 5.56 Å². The van der Waals surface area contributed by atoms with Gasteiger partial charge in [0.2, 0.25) is 0 Å². The zero-order chi connectivity index (χ0) is 20.3. The van der Waals surface area contributed by atoms with Crippen molar-refractivity contribution in [1.82, 2.24) is 20.3 Å². The van der Waals surface area contributed by atoms with Crippen LogP contribution in [-0.4, -0.2) is 33.9 Å². The summed E-state index contributed by atoms with van der Waals surface area (Å²) in [6, 6.07) is 19.0. The van der Waals surface area contributed by atoms with Crippen LogP contribution in [0.5, 0.6) is 0 Å². The number of rotatable bonds is 4. The van der Waals surface area contributed by atoms with Gasteiger partial charge in [-0.1, -0.05) is 18.2 Å². The molecule has 0 aliphatic carbocycles. The van der Waals surface area contributed by atoms with Crippen LogP contribution in [-0.2, 0) is 0 Å². The molecule has 0 saturated carbocycles. The van der Waals surface area contributed by atoms with E-state index in [2.05, 4.69) is 26.7 Å². The molecule has 6 heteroatoms. The predicted molar refractivity (Wildman–Crippen MR) is 119 cm³/mol. The molecule has 1 fully saturated rings. The van der Waals surface area contributed by atoms with E-state index in [0.717, 1.165) is 54.2 Å². The summed E-state index contributed by atoms with van der Waals surface area (Å²) in [7, 11) is 0. The van der Waals surface area contributed by atoms with E-state index in [0.29, 0.717) is 11.5 Å². The Morgan fingerprint density at radius 3 is 2.50 bits per heavy atom. The van der Waals surface area contributed by atoms with Crippen LogP contribution in [0.1, 0.15) is 34.7 Å². The van der Waals surface area contributed by atoms with Crippen molar-refractivity contribution in [2.75, 3.05) is 18.4 Å². The number of carbonyl (C=O) groups is 1. The molecule has 4 aromatic rings. The smallest absolute Gasteiger partial charge is 0.255 e. The van der Waals surface area contributed by atoms with E-state index in [9.17, 15) is 4.79 Å². The van der Waals surface area contributed by atoms with Crippen LogP contribution in [0.4, 0.5) is 5.69 Å². The fraction of sp³-hybridized carbons (Fsp3) is 0.208. The number of piperidine rings is 1. The molecule has 1 aliphatic rings. The number of aromatic amines is 1. The highest BCUT2D eigenvalue weighted by molar-refractivity contribution is 6.04. The maximum absolute atomic E-state index is 12.3. The molecule has 2 aromatic heterocycles. The molecule has 150 valence electrons. The third-order valence-corrected chi connectivity index (χ3v) is 5.66. The van der Waals surface area contributed by atoms with Crippen molar-refractivity contribution < 1.29 is 4.79 Å². The van der Waals surface area contributed by atoms with E-state index < -0.39 is 0 Å². The third kappa shape index (κ3) is 3.69. The Morgan fingerprint density at radius 1 is 0.967 bits per heavy atom. The standard InChI is InChI=1S/C24H23N5O/c30-24(18-4-2-1-3-5-18)27-19-8-6-17(7-9-19)22-28-21-20(12-15-26-23(21)29-22)16-10-13-25-14-11-16/h1-9,12,15-16,25H,10-11,13-14H2,(H,27,30)(H,26,28,29). The zero-order valence-electron chi connectivity index (χ0n) is 16.6. The summed E-state index contributed by atoms with van der Waals surface area (Å²) < 4.78 is 0. The first-order valence-corrected chi connectivity index (χ1v) is 10.3. The second kappa shape index (κ2) is 8.08. The van der Waals surface area contributed by atoms with Gasteiger partial charge >= 0.3 is 0 Å². The Bertz CT molecular complexity index is 1160. The number of pyridine rings is 1. The van der Waals surface area contributed by atoms with E-state index in [1.807, 2.05) is 48.7 Å². The zero-order valence-corrected chi connectivity index (χ0v) is 16.6. The van der Waals surface area contributed by atoms with Gasteiger partial charge in [0.15, 0.2) is 5.65 Å². The molecule has 3 heterocycles. The SMILES string of the molecule is O=C(Nc1ccc(-c2nc3nccc(C4CCNCC4)c3[nH]2)cc1)c1ccccc1. The van der Waals surface area contributed by atoms with Crippen LogP contribution >= 0.6 is 0 Å². The van der Waals surface area contributed by atoms with Gasteiger partial charge in [-0.25, -0.2) is 9.97 Å². The first kappa shape index (κ1) is 18.5. The van der Waals surface area contributed by atoms with Gasteiger partial charge in [0.1, 0.15) is 5.82 Å². The highest BCUT2D eigenvalue weighted by Gasteiger charge is 2.19. The van der Waals surface area contributed by atoms with Crippen molar-refractivity contribution in [3.05, 3.63) is 78.0 Å². The summed E-state index contributed by atoms with van der Waals surface area (Å²) in [5.74, 6) is 1.20. The number of aromatic nitrogens is 3. The minimum absolute atomic E-state index is 0.122. The summed E-state index contributed by atoms with van der Waals surface area (Å²) in [5.41, 5.74) is 5.42. The lowest BCUT2D eigenvalue weighted by atomic mass is 9.90. The Labute approximate surface area is 174 Å². The molecule has 3 N–H and O–H groups in total. The topological polar surface area (TPSA) is 82.7 Å². The van der Waals surface area contributed by atoms with Gasteiger partial charge in [0.25, 0.3) is 5.91 Å². The monoisotopic (exact) mass is 397 g/mol. The number of nitrogens with zero attached hydrogens (tertiary/aromatic N) is 2. The Hall–Kier alpha value is -3.51. The molecule has 6 nitrogen and oxygen atoms in total. The average Bonchev–Trinajstić information content (AvgIpc) is 3.25. The fourth-order valence-corrected chi connectivity index (χ4v) is 4.04. The number of fused-ring (bicyclic) bond motifs is 1. The maximum atomic E-state index is 12.3. The molecule has 0 bridgehead atoms. The molecule has 30 heavy (non-hydrogen) atoms. The van der Waals surface area contributed by atoms with Crippen molar-refractivity contribution in [2.45, 2.75) is 18.8 Å². The molecule has 1 saturated heterocycles. The van der Waals surface area contributed by atoms with Crippen LogP contribution in [0.3, 0.4) is 0 Å². The Kier molecular flexibility index (Phi) is 4.99. The quantitative estimate of drug-likeness (QED) is 0.478. The molecular formula is C24H23N5O. The number of H-pyrrole nitrogens is 1. The van der Waals surface area contributed by atoms with Gasteiger partial charge < -0.3 is 15.6 Å². The number of amides is 1. The molecule has 1 aliphatic heterocycles. The van der Waals surface area contributed by atoms with Crippen molar-refractivity contribution in [2.24, 2.45) is 0 Å². The normalized spacial score (nSPS) is 14.7. The Balaban J connectivity index is 1.38. The van der Waals surface area contributed by atoms with E-state index in [-0.39, 0.29) is 5.91 Å². The number of anilines is 1. The summed E-state index contributed by atoms with van der Waals surface area (Å²) >= 11 is 0. The molecule has 0 radical (unpaired) electrons. The van der Waals surface area contributed by atoms with Gasteiger partial charge in [-0.15, -0.1) is 0 Å². The third-order valence-electron chi connectivity index (χ3n) is 5.66. The summed E-state index contributed by atoms with van der Waals surface area (Å²) in [6.07, 6.45) is 4.11. The number of hydrogen-bond acceptors (Lipinski definition) is 4. The minimum atomic E-state index is -0.122. The number of benzene rings is 2. The predicted octanol–water partition coefficient (Wildman–Crippen LogP) is 4.34. The van der Waals surface area contributed by atoms with Crippen LogP contribution in [0.2, 0.25) is 0 Å². The molecular weight excluding hydrogens is 374 g/mol. The number of carbonyl (C=O) groups excluding carboxylic acids is 1. The highest BCUT2D eigenvalue weighted by atomic mass is 16.1. The fourth-order valence-electron chi connectivity index (χ4n) is 4.04. The molecule has 0 spiro atoms. The van der Waals surface area contributed by atoms with Crippen LogP contribution < -0.4 is 10.6 Å². The number of imidazole rings is 1. The Morgan fingerprint density at radius 2 is 1.73 bits per heavy atom. The van der Waals surface area contributed by atoms with Gasteiger partial charge in [0, 0.05) is 23.0 Å². The maximum Gasteiger partial charge on any atom is 0.255 e. The number of nitrogens with one attached hydrogen (secondary N) is 3. The highest BCUT2D eigenvalue weighted by Crippen LogP contribution is 2.31. The van der Waals surface area contributed by atoms with Gasteiger partial charge in [-0.3, -0.25) is 4.79 Å². The van der Waals surface area contributed by atoms with Crippen molar-refractivity contribution in [3.8, 4) is 11.4 Å². The summed E-state index contributed by atoms with van der Waals surface area (Å²) in [4.78, 5) is 25.0. The second-order valence-corrected chi connectivity index (χ2v) is 7.61. The van der Waals surface area contributed by atoms with Crippen molar-refractivity contribution >= 4 is 22.8 Å². The van der Waals surface area contributed by atoms with Crippen LogP contribution in [0.25, 0.3) is 22.6 Å². The van der Waals surface area contributed by atoms with E-state index in [4.69, 9.17) is 4.98 Å². The van der Waals surface area contributed by atoms with Gasteiger partial charge in [-0.2, -0.15) is 0 Å². The largest absolute Gasteiger partial charge is 0.336 e. The first-order chi connectivity index (χ1) is 14.8. The first-order valence-electron chi connectivity index (χ1n) is 10.3. The average molecular weight is 397 g/mol. The van der Waals surface area contributed by atoms with Crippen LogP contribution in [0, 0.1) is 0 Å². The lowest BCUT2D eigenvalue weighted by Crippen LogP contribution is -2.26. The van der Waals surface area contributed by atoms with Crippen LogP contribution in [0.15, 0.2) is 66.9 Å². The van der Waals surface area contributed by atoms with Gasteiger partial charge in [-0.05, 0) is 79.9 Å². The van der Waals surface area contributed by atoms with Gasteiger partial charge in [0.05, 0.1) is 5.52 Å².